The molecule has 0 saturated carbocycles. The van der Waals surface area contributed by atoms with Gasteiger partial charge in [-0.05, 0) is 6.42 Å². The number of hydrogen-bond acceptors (Lipinski definition) is 3. The predicted molar refractivity (Wildman–Crippen MR) is 66.1 cm³/mol. The van der Waals surface area contributed by atoms with Gasteiger partial charge >= 0.3 is 6.18 Å². The molecule has 0 aliphatic carbocycles. The van der Waals surface area contributed by atoms with Gasteiger partial charge in [-0.2, -0.15) is 18.3 Å². The highest BCUT2D eigenvalue weighted by molar-refractivity contribution is 6.31. The fourth-order valence-corrected chi connectivity index (χ4v) is 2.05. The van der Waals surface area contributed by atoms with Crippen LogP contribution in [0, 0.1) is 0 Å². The van der Waals surface area contributed by atoms with Crippen LogP contribution in [0.15, 0.2) is 0 Å². The van der Waals surface area contributed by atoms with Gasteiger partial charge in [-0.25, -0.2) is 0 Å². The largest absolute Gasteiger partial charge is 0.411 e. The SMILES string of the molecule is CCc1nn(C)c(CC(N)COCC(F)(F)F)c1Cl. The minimum Gasteiger partial charge on any atom is -0.370 e. The Hall–Kier alpha value is -0.790. The zero-order valence-electron chi connectivity index (χ0n) is 10.8. The Morgan fingerprint density at radius 3 is 2.58 bits per heavy atom. The number of ether oxygens (including phenoxy) is 1. The molecule has 0 saturated heterocycles. The Morgan fingerprint density at radius 1 is 1.47 bits per heavy atom. The van der Waals surface area contributed by atoms with Gasteiger partial charge in [0.1, 0.15) is 6.61 Å². The first-order valence-corrected chi connectivity index (χ1v) is 6.22. The van der Waals surface area contributed by atoms with Crippen LogP contribution >= 0.6 is 11.6 Å². The van der Waals surface area contributed by atoms with Gasteiger partial charge in [0.15, 0.2) is 0 Å². The van der Waals surface area contributed by atoms with E-state index < -0.39 is 18.8 Å². The zero-order chi connectivity index (χ0) is 14.6. The van der Waals surface area contributed by atoms with Crippen molar-refractivity contribution in [3.8, 4) is 0 Å². The molecule has 2 N–H and O–H groups in total. The summed E-state index contributed by atoms with van der Waals surface area (Å²) in [5, 5.41) is 4.73. The first kappa shape index (κ1) is 16.3. The Balaban J connectivity index is 2.53. The van der Waals surface area contributed by atoms with Crippen molar-refractivity contribution in [3.05, 3.63) is 16.4 Å². The molecule has 0 aromatic carbocycles. The van der Waals surface area contributed by atoms with Crippen LogP contribution in [0.25, 0.3) is 0 Å². The van der Waals surface area contributed by atoms with Gasteiger partial charge in [0, 0.05) is 19.5 Å². The highest BCUT2D eigenvalue weighted by atomic mass is 35.5. The fraction of sp³-hybridized carbons (Fsp3) is 0.727. The Kier molecular flexibility index (Phi) is 5.64. The normalized spacial score (nSPS) is 13.8. The molecule has 0 fully saturated rings. The Bertz CT molecular complexity index is 420. The smallest absolute Gasteiger partial charge is 0.370 e. The van der Waals surface area contributed by atoms with Crippen LogP contribution in [-0.4, -0.2) is 35.2 Å². The van der Waals surface area contributed by atoms with Crippen LogP contribution in [0.3, 0.4) is 0 Å². The summed E-state index contributed by atoms with van der Waals surface area (Å²) in [6.07, 6.45) is -3.33. The number of halogens is 4. The van der Waals surface area contributed by atoms with Crippen molar-refractivity contribution >= 4 is 11.6 Å². The number of alkyl halides is 3. The summed E-state index contributed by atoms with van der Waals surface area (Å²) in [6.45, 7) is 0.451. The molecule has 1 atom stereocenters. The number of aryl methyl sites for hydroxylation is 2. The van der Waals surface area contributed by atoms with E-state index in [-0.39, 0.29) is 6.61 Å². The third kappa shape index (κ3) is 5.00. The highest BCUT2D eigenvalue weighted by Crippen LogP contribution is 2.22. The molecule has 0 bridgehead atoms. The van der Waals surface area contributed by atoms with Crippen molar-refractivity contribution in [3.63, 3.8) is 0 Å². The highest BCUT2D eigenvalue weighted by Gasteiger charge is 2.27. The lowest BCUT2D eigenvalue weighted by atomic mass is 10.1. The fourth-order valence-electron chi connectivity index (χ4n) is 1.67. The van der Waals surface area contributed by atoms with Gasteiger partial charge in [0.05, 0.1) is 23.0 Å². The van der Waals surface area contributed by atoms with Crippen LogP contribution in [0.4, 0.5) is 13.2 Å². The molecule has 19 heavy (non-hydrogen) atoms. The molecule has 0 spiro atoms. The lowest BCUT2D eigenvalue weighted by molar-refractivity contribution is -0.174. The molecule has 1 aromatic heterocycles. The van der Waals surface area contributed by atoms with Crippen molar-refractivity contribution < 1.29 is 17.9 Å². The lowest BCUT2D eigenvalue weighted by Crippen LogP contribution is -2.31. The van der Waals surface area contributed by atoms with E-state index in [1.807, 2.05) is 6.92 Å². The maximum absolute atomic E-state index is 11.9. The first-order valence-electron chi connectivity index (χ1n) is 5.85. The van der Waals surface area contributed by atoms with Crippen molar-refractivity contribution in [1.82, 2.24) is 9.78 Å². The van der Waals surface area contributed by atoms with Gasteiger partial charge in [0.25, 0.3) is 0 Å². The van der Waals surface area contributed by atoms with E-state index in [2.05, 4.69) is 9.84 Å². The van der Waals surface area contributed by atoms with Crippen molar-refractivity contribution in [2.24, 2.45) is 12.8 Å². The third-order valence-corrected chi connectivity index (χ3v) is 2.99. The van der Waals surface area contributed by atoms with E-state index >= 15 is 0 Å². The maximum Gasteiger partial charge on any atom is 0.411 e. The molecule has 0 aliphatic heterocycles. The summed E-state index contributed by atoms with van der Waals surface area (Å²) >= 11 is 6.12. The minimum atomic E-state index is -4.33. The molecule has 110 valence electrons. The monoisotopic (exact) mass is 299 g/mol. The molecule has 1 unspecified atom stereocenters. The summed E-state index contributed by atoms with van der Waals surface area (Å²) in [5.41, 5.74) is 7.19. The lowest BCUT2D eigenvalue weighted by Gasteiger charge is -2.13. The second-order valence-corrected chi connectivity index (χ2v) is 4.66. The molecule has 1 rings (SSSR count). The molecule has 0 radical (unpaired) electrons. The van der Waals surface area contributed by atoms with E-state index in [0.29, 0.717) is 23.6 Å². The number of nitrogens with two attached hydrogens (primary N) is 1. The molecule has 1 heterocycles. The van der Waals surface area contributed by atoms with Gasteiger partial charge in [0.2, 0.25) is 0 Å². The maximum atomic E-state index is 11.9. The van der Waals surface area contributed by atoms with E-state index in [9.17, 15) is 13.2 Å². The standard InChI is InChI=1S/C11H17ClF3N3O/c1-3-8-10(12)9(18(2)17-8)4-7(16)5-19-6-11(13,14)15/h7H,3-6,16H2,1-2H3. The van der Waals surface area contributed by atoms with Crippen molar-refractivity contribution in [2.75, 3.05) is 13.2 Å². The van der Waals surface area contributed by atoms with Gasteiger partial charge in [-0.15, -0.1) is 0 Å². The molecule has 4 nitrogen and oxygen atoms in total. The number of hydrogen-bond donors (Lipinski definition) is 1. The number of rotatable bonds is 6. The second kappa shape index (κ2) is 6.58. The molecular formula is C11H17ClF3N3O. The van der Waals surface area contributed by atoms with Crippen molar-refractivity contribution in [1.29, 1.82) is 0 Å². The second-order valence-electron chi connectivity index (χ2n) is 4.28. The topological polar surface area (TPSA) is 53.1 Å². The average molecular weight is 300 g/mol. The molecule has 0 aliphatic rings. The van der Waals surface area contributed by atoms with Gasteiger partial charge < -0.3 is 10.5 Å². The average Bonchev–Trinajstić information content (AvgIpc) is 2.54. The molecule has 0 amide bonds. The Labute approximate surface area is 114 Å². The van der Waals surface area contributed by atoms with Gasteiger partial charge in [-0.3, -0.25) is 4.68 Å². The molecule has 1 aromatic rings. The summed E-state index contributed by atoms with van der Waals surface area (Å²) in [6, 6.07) is -0.556. The predicted octanol–water partition coefficient (Wildman–Crippen LogP) is 2.08. The summed E-state index contributed by atoms with van der Waals surface area (Å²) in [4.78, 5) is 0. The van der Waals surface area contributed by atoms with Crippen LogP contribution in [-0.2, 0) is 24.6 Å². The summed E-state index contributed by atoms with van der Waals surface area (Å²) in [5.74, 6) is 0. The summed E-state index contributed by atoms with van der Waals surface area (Å²) in [7, 11) is 1.73. The van der Waals surface area contributed by atoms with Crippen LogP contribution in [0.5, 0.6) is 0 Å². The Morgan fingerprint density at radius 2 is 2.11 bits per heavy atom. The van der Waals surface area contributed by atoms with Crippen molar-refractivity contribution in [2.45, 2.75) is 32.0 Å². The van der Waals surface area contributed by atoms with E-state index in [1.165, 1.54) is 0 Å². The number of aromatic nitrogens is 2. The third-order valence-electron chi connectivity index (χ3n) is 2.56. The van der Waals surface area contributed by atoms with Gasteiger partial charge in [-0.1, -0.05) is 18.5 Å². The van der Waals surface area contributed by atoms with E-state index in [0.717, 1.165) is 5.69 Å². The molecule has 8 heteroatoms. The number of nitrogens with zero attached hydrogens (tertiary/aromatic N) is 2. The summed E-state index contributed by atoms with van der Waals surface area (Å²) < 4.78 is 41.9. The van der Waals surface area contributed by atoms with E-state index in [1.54, 1.807) is 11.7 Å². The first-order chi connectivity index (χ1) is 8.74. The van der Waals surface area contributed by atoms with E-state index in [4.69, 9.17) is 17.3 Å². The van der Waals surface area contributed by atoms with Crippen LogP contribution in [0.1, 0.15) is 18.3 Å². The van der Waals surface area contributed by atoms with Crippen LogP contribution < -0.4 is 5.73 Å². The molecular weight excluding hydrogens is 283 g/mol. The minimum absolute atomic E-state index is 0.178. The zero-order valence-corrected chi connectivity index (χ0v) is 11.6. The van der Waals surface area contributed by atoms with Crippen LogP contribution in [0.2, 0.25) is 5.02 Å². The quantitative estimate of drug-likeness (QED) is 0.875.